The fraction of sp³-hybridized carbons (Fsp3) is 0.833. The minimum Gasteiger partial charge on any atom is -0.374 e. The van der Waals surface area contributed by atoms with Gasteiger partial charge in [-0.05, 0) is 19.9 Å². The van der Waals surface area contributed by atoms with Crippen LogP contribution in [0.4, 0.5) is 0 Å². The molecule has 3 heteroatoms. The molecule has 0 bridgehead atoms. The van der Waals surface area contributed by atoms with Gasteiger partial charge in [-0.25, -0.2) is 0 Å². The lowest BCUT2D eigenvalue weighted by Crippen LogP contribution is -2.50. The number of hydrogen-bond donors (Lipinski definition) is 1. The standard InChI is InChI=1S/C12H22N2O/c1-3-5-6-7-11(13)12-10-14(4-2)8-9-15-12/h11-12H,4,6-10,13H2,1-2H3. The number of ether oxygens (including phenoxy) is 1. The topological polar surface area (TPSA) is 38.5 Å². The summed E-state index contributed by atoms with van der Waals surface area (Å²) >= 11 is 0. The predicted octanol–water partition coefficient (Wildman–Crippen LogP) is 0.838. The largest absolute Gasteiger partial charge is 0.374 e. The van der Waals surface area contributed by atoms with Crippen LogP contribution in [0, 0.1) is 11.8 Å². The normalized spacial score (nSPS) is 24.3. The highest BCUT2D eigenvalue weighted by molar-refractivity contribution is 4.96. The van der Waals surface area contributed by atoms with Gasteiger partial charge in [0.1, 0.15) is 0 Å². The molecule has 0 aromatic rings. The molecule has 1 saturated heterocycles. The van der Waals surface area contributed by atoms with Crippen molar-refractivity contribution in [3.8, 4) is 11.8 Å². The van der Waals surface area contributed by atoms with Crippen LogP contribution >= 0.6 is 0 Å². The Morgan fingerprint density at radius 2 is 2.40 bits per heavy atom. The Kier molecular flexibility index (Phi) is 5.70. The van der Waals surface area contributed by atoms with E-state index in [0.29, 0.717) is 0 Å². The van der Waals surface area contributed by atoms with Gasteiger partial charge in [-0.2, -0.15) is 0 Å². The van der Waals surface area contributed by atoms with Crippen molar-refractivity contribution in [3.05, 3.63) is 0 Å². The Hall–Kier alpha value is -0.560. The van der Waals surface area contributed by atoms with E-state index in [9.17, 15) is 0 Å². The van der Waals surface area contributed by atoms with Gasteiger partial charge in [0.05, 0.1) is 12.7 Å². The molecule has 86 valence electrons. The highest BCUT2D eigenvalue weighted by Crippen LogP contribution is 2.10. The Bertz CT molecular complexity index is 232. The van der Waals surface area contributed by atoms with Crippen LogP contribution in [0.2, 0.25) is 0 Å². The van der Waals surface area contributed by atoms with E-state index in [2.05, 4.69) is 23.7 Å². The maximum atomic E-state index is 6.09. The fourth-order valence-electron chi connectivity index (χ4n) is 1.83. The van der Waals surface area contributed by atoms with Gasteiger partial charge in [-0.3, -0.25) is 4.90 Å². The SMILES string of the molecule is CC#CCCC(N)C1CN(CC)CCO1. The van der Waals surface area contributed by atoms with E-state index in [4.69, 9.17) is 10.5 Å². The van der Waals surface area contributed by atoms with Crippen LogP contribution in [0.5, 0.6) is 0 Å². The van der Waals surface area contributed by atoms with Crippen molar-refractivity contribution in [1.82, 2.24) is 4.90 Å². The molecular formula is C12H22N2O. The molecule has 2 N–H and O–H groups in total. The van der Waals surface area contributed by atoms with Gasteiger partial charge in [0.2, 0.25) is 0 Å². The van der Waals surface area contributed by atoms with Crippen LogP contribution in [-0.4, -0.2) is 43.3 Å². The Morgan fingerprint density at radius 1 is 1.60 bits per heavy atom. The molecule has 2 unspecified atom stereocenters. The summed E-state index contributed by atoms with van der Waals surface area (Å²) in [7, 11) is 0. The zero-order valence-electron chi connectivity index (χ0n) is 9.83. The average Bonchev–Trinajstić information content (AvgIpc) is 2.29. The lowest BCUT2D eigenvalue weighted by Gasteiger charge is -2.35. The third kappa shape index (κ3) is 4.21. The lowest BCUT2D eigenvalue weighted by atomic mass is 10.0. The quantitative estimate of drug-likeness (QED) is 0.699. The number of rotatable bonds is 4. The molecule has 0 saturated carbocycles. The van der Waals surface area contributed by atoms with Crippen molar-refractivity contribution >= 4 is 0 Å². The summed E-state index contributed by atoms with van der Waals surface area (Å²) in [6.45, 7) is 7.94. The monoisotopic (exact) mass is 210 g/mol. The smallest absolute Gasteiger partial charge is 0.0853 e. The van der Waals surface area contributed by atoms with Crippen molar-refractivity contribution < 1.29 is 4.74 Å². The molecular weight excluding hydrogens is 188 g/mol. The molecule has 1 rings (SSSR count). The van der Waals surface area contributed by atoms with Crippen LogP contribution in [0.15, 0.2) is 0 Å². The minimum atomic E-state index is 0.125. The molecule has 1 aliphatic heterocycles. The van der Waals surface area contributed by atoms with E-state index in [0.717, 1.165) is 39.1 Å². The third-order valence-electron chi connectivity index (χ3n) is 2.88. The second kappa shape index (κ2) is 6.84. The Balaban J connectivity index is 2.30. The number of nitrogens with zero attached hydrogens (tertiary/aromatic N) is 1. The highest BCUT2D eigenvalue weighted by Gasteiger charge is 2.24. The van der Waals surface area contributed by atoms with E-state index < -0.39 is 0 Å². The molecule has 1 aliphatic rings. The molecule has 1 fully saturated rings. The van der Waals surface area contributed by atoms with Crippen molar-refractivity contribution in [2.75, 3.05) is 26.2 Å². The number of morpholine rings is 1. The first-order valence-corrected chi connectivity index (χ1v) is 5.77. The summed E-state index contributed by atoms with van der Waals surface area (Å²) in [5.41, 5.74) is 6.09. The van der Waals surface area contributed by atoms with E-state index in [1.807, 2.05) is 6.92 Å². The van der Waals surface area contributed by atoms with Crippen molar-refractivity contribution in [2.45, 2.75) is 38.8 Å². The summed E-state index contributed by atoms with van der Waals surface area (Å²) in [6, 6.07) is 0.125. The number of hydrogen-bond acceptors (Lipinski definition) is 3. The first-order valence-electron chi connectivity index (χ1n) is 5.77. The van der Waals surface area contributed by atoms with Gasteiger partial charge in [-0.15, -0.1) is 11.8 Å². The van der Waals surface area contributed by atoms with Crippen molar-refractivity contribution in [3.63, 3.8) is 0 Å². The number of nitrogens with two attached hydrogens (primary N) is 1. The molecule has 0 aliphatic carbocycles. The molecule has 0 amide bonds. The van der Waals surface area contributed by atoms with E-state index >= 15 is 0 Å². The molecule has 1 heterocycles. The highest BCUT2D eigenvalue weighted by atomic mass is 16.5. The first-order chi connectivity index (χ1) is 7.27. The van der Waals surface area contributed by atoms with Gasteiger partial charge >= 0.3 is 0 Å². The second-order valence-electron chi connectivity index (χ2n) is 3.93. The molecule has 3 nitrogen and oxygen atoms in total. The molecule has 0 aromatic carbocycles. The maximum absolute atomic E-state index is 6.09. The van der Waals surface area contributed by atoms with Crippen molar-refractivity contribution in [1.29, 1.82) is 0 Å². The maximum Gasteiger partial charge on any atom is 0.0853 e. The molecule has 0 aromatic heterocycles. The summed E-state index contributed by atoms with van der Waals surface area (Å²) in [4.78, 5) is 2.39. The molecule has 0 radical (unpaired) electrons. The summed E-state index contributed by atoms with van der Waals surface area (Å²) in [5.74, 6) is 5.93. The number of likely N-dealkylation sites (N-methyl/N-ethyl adjacent to an activating group) is 1. The molecule has 15 heavy (non-hydrogen) atoms. The van der Waals surface area contributed by atoms with Crippen LogP contribution < -0.4 is 5.73 Å². The van der Waals surface area contributed by atoms with Gasteiger partial charge in [-0.1, -0.05) is 6.92 Å². The van der Waals surface area contributed by atoms with Crippen molar-refractivity contribution in [2.24, 2.45) is 5.73 Å². The average molecular weight is 210 g/mol. The first kappa shape index (κ1) is 12.5. The van der Waals surface area contributed by atoms with Gasteiger partial charge in [0.15, 0.2) is 0 Å². The summed E-state index contributed by atoms with van der Waals surface area (Å²) in [5, 5.41) is 0. The van der Waals surface area contributed by atoms with E-state index in [1.54, 1.807) is 0 Å². The zero-order valence-corrected chi connectivity index (χ0v) is 9.83. The van der Waals surface area contributed by atoms with Gasteiger partial charge < -0.3 is 10.5 Å². The molecule has 0 spiro atoms. The van der Waals surface area contributed by atoms with Gasteiger partial charge in [0, 0.05) is 25.6 Å². The van der Waals surface area contributed by atoms with E-state index in [1.165, 1.54) is 0 Å². The van der Waals surface area contributed by atoms with Crippen LogP contribution in [0.1, 0.15) is 26.7 Å². The lowest BCUT2D eigenvalue weighted by molar-refractivity contribution is -0.0395. The Morgan fingerprint density at radius 3 is 3.07 bits per heavy atom. The molecule has 2 atom stereocenters. The van der Waals surface area contributed by atoms with E-state index in [-0.39, 0.29) is 12.1 Å². The summed E-state index contributed by atoms with van der Waals surface area (Å²) in [6.07, 6.45) is 2.00. The van der Waals surface area contributed by atoms with Crippen LogP contribution in [0.3, 0.4) is 0 Å². The minimum absolute atomic E-state index is 0.125. The summed E-state index contributed by atoms with van der Waals surface area (Å²) < 4.78 is 5.69. The van der Waals surface area contributed by atoms with Gasteiger partial charge in [0.25, 0.3) is 0 Å². The predicted molar refractivity (Wildman–Crippen MR) is 62.5 cm³/mol. The second-order valence-corrected chi connectivity index (χ2v) is 3.93. The van der Waals surface area contributed by atoms with Crippen LogP contribution in [-0.2, 0) is 4.74 Å². The fourth-order valence-corrected chi connectivity index (χ4v) is 1.83. The van der Waals surface area contributed by atoms with Crippen LogP contribution in [0.25, 0.3) is 0 Å². The zero-order chi connectivity index (χ0) is 11.1. The Labute approximate surface area is 93.0 Å². The third-order valence-corrected chi connectivity index (χ3v) is 2.88.